The number of nitrogens with two attached hydrogens (primary N) is 1. The van der Waals surface area contributed by atoms with Gasteiger partial charge in [-0.25, -0.2) is 22.7 Å². The van der Waals surface area contributed by atoms with Crippen LogP contribution in [0.4, 0.5) is 9.59 Å². The van der Waals surface area contributed by atoms with Gasteiger partial charge in [0.05, 0.1) is 17.6 Å². The van der Waals surface area contributed by atoms with Gasteiger partial charge in [-0.1, -0.05) is 26.0 Å². The van der Waals surface area contributed by atoms with Gasteiger partial charge in [-0.15, -0.1) is 0 Å². The Morgan fingerprint density at radius 1 is 0.788 bits per heavy atom. The van der Waals surface area contributed by atoms with Crippen molar-refractivity contribution in [3.63, 3.8) is 0 Å². The van der Waals surface area contributed by atoms with Crippen LogP contribution in [0.3, 0.4) is 0 Å². The number of benzene rings is 1. The first-order valence-electron chi connectivity index (χ1n) is 29.7. The average molecular weight is 1220 g/mol. The average Bonchev–Trinajstić information content (AvgIpc) is 1.81. The third kappa shape index (κ3) is 23.0. The molecule has 2 aliphatic heterocycles. The predicted molar refractivity (Wildman–Crippen MR) is 322 cm³/mol. The highest BCUT2D eigenvalue weighted by Gasteiger charge is 2.44. The van der Waals surface area contributed by atoms with Gasteiger partial charge >= 0.3 is 18.2 Å². The molecule has 7 atom stereocenters. The quantitative estimate of drug-likeness (QED) is 0.0236. The number of esters is 1. The van der Waals surface area contributed by atoms with E-state index in [1.165, 1.54) is 11.8 Å². The van der Waals surface area contributed by atoms with Crippen LogP contribution in [-0.4, -0.2) is 152 Å². The van der Waals surface area contributed by atoms with Gasteiger partial charge in [0.2, 0.25) is 35.5 Å². The number of nitrogens with one attached hydrogen (secondary N) is 7. The molecule has 4 rings (SSSR count). The van der Waals surface area contributed by atoms with Gasteiger partial charge in [0.15, 0.2) is 0 Å². The van der Waals surface area contributed by atoms with Gasteiger partial charge in [0.25, 0.3) is 10.0 Å². The number of guanidine groups is 1. The summed E-state index contributed by atoms with van der Waals surface area (Å²) in [4.78, 5) is 116. The number of carbonyl (C=O) groups excluding carboxylic acids is 8. The minimum atomic E-state index is -4.21. The van der Waals surface area contributed by atoms with Crippen molar-refractivity contribution in [1.29, 1.82) is 0 Å². The van der Waals surface area contributed by atoms with E-state index in [-0.39, 0.29) is 75.1 Å². The number of amides is 7. The topological polar surface area (TPSA) is 333 Å². The number of hydrogen-bond acceptors (Lipinski definition) is 15. The van der Waals surface area contributed by atoms with E-state index < -0.39 is 123 Å². The number of unbranched alkanes of at least 4 members (excludes halogenated alkanes) is 1. The van der Waals surface area contributed by atoms with Crippen LogP contribution in [-0.2, 0) is 70.6 Å². The molecule has 24 nitrogen and oxygen atoms in total. The van der Waals surface area contributed by atoms with Crippen molar-refractivity contribution in [2.45, 2.75) is 252 Å². The second-order valence-electron chi connectivity index (χ2n) is 26.4. The summed E-state index contributed by atoms with van der Waals surface area (Å²) in [6.07, 6.45) is 4.38. The first-order valence-corrected chi connectivity index (χ1v) is 31.2. The second kappa shape index (κ2) is 30.2. The lowest BCUT2D eigenvalue weighted by Crippen LogP contribution is -2.58. The van der Waals surface area contributed by atoms with Crippen molar-refractivity contribution >= 4 is 63.7 Å². The normalized spacial score (nSPS) is 21.6. The third-order valence-electron chi connectivity index (χ3n) is 14.4. The Morgan fingerprint density at radius 3 is 2.01 bits per heavy atom. The summed E-state index contributed by atoms with van der Waals surface area (Å²) < 4.78 is 52.9. The number of sulfonamides is 1. The predicted octanol–water partition coefficient (Wildman–Crippen LogP) is 5.14. The number of rotatable bonds is 18. The molecular formula is C60H98N10O14S. The summed E-state index contributed by atoms with van der Waals surface area (Å²) in [6.45, 7) is 28.6. The highest BCUT2D eigenvalue weighted by atomic mass is 32.2. The summed E-state index contributed by atoms with van der Waals surface area (Å²) in [5.41, 5.74) is 8.12. The van der Waals surface area contributed by atoms with Crippen LogP contribution < -0.4 is 42.4 Å². The first-order chi connectivity index (χ1) is 39.3. The summed E-state index contributed by atoms with van der Waals surface area (Å²) >= 11 is 0. The molecular weight excluding hydrogens is 1120 g/mol. The van der Waals surface area contributed by atoms with E-state index in [4.69, 9.17) is 24.7 Å². The highest BCUT2D eigenvalue weighted by Crippen LogP contribution is 2.43. The minimum Gasteiger partial charge on any atom is -0.460 e. The van der Waals surface area contributed by atoms with Gasteiger partial charge in [-0.05, 0) is 194 Å². The lowest BCUT2D eigenvalue weighted by molar-refractivity contribution is -0.155. The number of fused-ring (bicyclic) bond motifs is 3. The number of alkyl carbamates (subject to hydrolysis) is 2. The lowest BCUT2D eigenvalue weighted by atomic mass is 9.90. The number of aliphatic imine (C=N–C) groups is 1. The van der Waals surface area contributed by atoms with Crippen molar-refractivity contribution in [2.24, 2.45) is 16.1 Å². The molecule has 85 heavy (non-hydrogen) atoms. The molecule has 1 aromatic rings. The van der Waals surface area contributed by atoms with E-state index in [1.54, 1.807) is 83.1 Å². The molecule has 9 N–H and O–H groups in total. The largest absolute Gasteiger partial charge is 0.460 e. The van der Waals surface area contributed by atoms with Crippen molar-refractivity contribution in [3.05, 3.63) is 40.0 Å². The fourth-order valence-electron chi connectivity index (χ4n) is 10.5. The molecule has 1 fully saturated rings. The molecule has 0 saturated carbocycles. The molecule has 25 heteroatoms. The summed E-state index contributed by atoms with van der Waals surface area (Å²) in [7, 11) is -4.21. The Balaban J connectivity index is 1.63. The molecule has 478 valence electrons. The lowest BCUT2D eigenvalue weighted by Gasteiger charge is -2.30. The van der Waals surface area contributed by atoms with Crippen molar-refractivity contribution < 1.29 is 65.7 Å². The van der Waals surface area contributed by atoms with E-state index in [0.29, 0.717) is 36.8 Å². The summed E-state index contributed by atoms with van der Waals surface area (Å²) in [6, 6.07) is -6.76. The van der Waals surface area contributed by atoms with E-state index in [2.05, 4.69) is 55.5 Å². The number of hydrogen-bond donors (Lipinski definition) is 8. The van der Waals surface area contributed by atoms with Crippen LogP contribution in [0.25, 0.3) is 0 Å². The van der Waals surface area contributed by atoms with E-state index in [0.717, 1.165) is 29.5 Å². The molecule has 1 aromatic carbocycles. The van der Waals surface area contributed by atoms with Crippen LogP contribution in [0.2, 0.25) is 0 Å². The van der Waals surface area contributed by atoms with Crippen LogP contribution in [0.1, 0.15) is 182 Å². The van der Waals surface area contributed by atoms with E-state index in [1.807, 2.05) is 19.1 Å². The summed E-state index contributed by atoms with van der Waals surface area (Å²) in [5.74, 6) is -4.55. The molecule has 0 radical (unpaired) electrons. The van der Waals surface area contributed by atoms with Crippen LogP contribution >= 0.6 is 0 Å². The Kier molecular flexibility index (Phi) is 25.2. The molecule has 1 saturated heterocycles. The zero-order valence-corrected chi connectivity index (χ0v) is 53.9. The number of carbonyl (C=O) groups is 8. The van der Waals surface area contributed by atoms with Gasteiger partial charge in [-0.2, -0.15) is 0 Å². The van der Waals surface area contributed by atoms with E-state index >= 15 is 0 Å². The third-order valence-corrected chi connectivity index (χ3v) is 16.1. The van der Waals surface area contributed by atoms with Crippen LogP contribution in [0.15, 0.2) is 22.0 Å². The summed E-state index contributed by atoms with van der Waals surface area (Å²) in [5, 5.41) is 16.4. The Labute approximate surface area is 503 Å². The fourth-order valence-corrected chi connectivity index (χ4v) is 12.0. The Bertz CT molecular complexity index is 2760. The zero-order chi connectivity index (χ0) is 64.0. The molecule has 2 heterocycles. The molecule has 0 unspecified atom stereocenters. The number of nitrogens with zero attached hydrogens (tertiary/aromatic N) is 2. The second-order valence-corrected chi connectivity index (χ2v) is 28.1. The monoisotopic (exact) mass is 1210 g/mol. The smallest absolute Gasteiger partial charge is 0.408 e. The molecule has 1 aliphatic carbocycles. The number of likely N-dealkylation sites (tertiary alicyclic amines) is 1. The van der Waals surface area contributed by atoms with E-state index in [9.17, 15) is 46.8 Å². The Hall–Kier alpha value is -6.50. The van der Waals surface area contributed by atoms with Gasteiger partial charge < -0.3 is 61.5 Å². The zero-order valence-electron chi connectivity index (χ0n) is 53.1. The van der Waals surface area contributed by atoms with Gasteiger partial charge in [0, 0.05) is 38.5 Å². The first kappa shape index (κ1) is 71.0. The fraction of sp³-hybridized carbons (Fsp3) is 0.717. The Morgan fingerprint density at radius 2 is 1.38 bits per heavy atom. The molecule has 7 amide bonds. The molecule has 0 spiro atoms. The maximum absolute atomic E-state index is 14.8. The highest BCUT2D eigenvalue weighted by molar-refractivity contribution is 7.90. The molecule has 0 aromatic heterocycles. The van der Waals surface area contributed by atoms with Crippen LogP contribution in [0, 0.1) is 26.2 Å². The maximum Gasteiger partial charge on any atom is 0.408 e. The maximum atomic E-state index is 14.8. The van der Waals surface area contributed by atoms with Crippen molar-refractivity contribution in [3.8, 4) is 0 Å². The molecule has 3 aliphatic rings. The standard InChI is InChI=1S/C60H98N10O14S/c1-35-23-18-17-21-30-81-40-31-46(70(34-40)53(76)39(5)65-50(73)44(68-56(78)84-59(12,13)14)24-19-20-28-63-55(77)83-58(9,10)11)52(75)67-43(51(74)66-45(49(72)64-35)26-27-47(71)82-57(6,7)8)25-22-29-62-54(61)69-85(79,80)48-37(3)36(2)41-32-60(15,16)33-42(41)38(48)4/h17-18,35,39-40,43-46H,19-34H2,1-16H3,(H,63,77)(H,64,72)(H,65,73)(H,66,74)(H,67,75)(H,68,78)(H3,61,62,69)/t35-,39+,40-,43+,44+,45+,46+/m1/s1. The van der Waals surface area contributed by atoms with Gasteiger partial charge in [-0.3, -0.25) is 33.8 Å². The minimum absolute atomic E-state index is 0.00414. The van der Waals surface area contributed by atoms with Crippen LogP contribution in [0.5, 0.6) is 0 Å². The molecule has 2 bridgehead atoms. The van der Waals surface area contributed by atoms with Gasteiger partial charge in [0.1, 0.15) is 47.0 Å². The number of ether oxygens (including phenoxy) is 4. The SMILES string of the molecule is Cc1c(C)c(S(=O)(=O)NC(N)=NCCC[C@@H]2NC(=O)[C@@H]3C[C@H](CN3C(=O)[C@H](C)NC(=O)[C@H](CCCCNC(=O)OC(C)(C)C)NC(=O)OC(C)(C)C)OCCC=CC[C@@H](C)NC(=O)[C@H](CCC(=O)OC(C)(C)C)NC2=O)c(C)c2c1CC(C)(C)C2. The van der Waals surface area contributed by atoms with Crippen molar-refractivity contribution in [1.82, 2.24) is 41.5 Å². The van der Waals surface area contributed by atoms with Crippen molar-refractivity contribution in [2.75, 3.05) is 26.2 Å².